The molecular formula is C20H19ClN6O4. The van der Waals surface area contributed by atoms with Crippen molar-refractivity contribution in [3.05, 3.63) is 70.5 Å². The van der Waals surface area contributed by atoms with Gasteiger partial charge in [-0.3, -0.25) is 10.1 Å². The molecule has 2 amide bonds. The van der Waals surface area contributed by atoms with Crippen molar-refractivity contribution in [2.24, 2.45) is 0 Å². The average molecular weight is 443 g/mol. The van der Waals surface area contributed by atoms with Crippen LogP contribution >= 0.6 is 11.6 Å². The lowest BCUT2D eigenvalue weighted by atomic mass is 9.97. The van der Waals surface area contributed by atoms with Gasteiger partial charge in [0.1, 0.15) is 12.1 Å². The Morgan fingerprint density at radius 2 is 2.06 bits per heavy atom. The highest BCUT2D eigenvalue weighted by atomic mass is 35.5. The van der Waals surface area contributed by atoms with Crippen LogP contribution in [0.25, 0.3) is 0 Å². The van der Waals surface area contributed by atoms with Crippen molar-refractivity contribution >= 4 is 29.3 Å². The van der Waals surface area contributed by atoms with E-state index in [1.54, 1.807) is 0 Å². The summed E-state index contributed by atoms with van der Waals surface area (Å²) >= 11 is 6.16. The Morgan fingerprint density at radius 3 is 2.77 bits per heavy atom. The minimum Gasteiger partial charge on any atom is -0.444 e. The van der Waals surface area contributed by atoms with E-state index in [-0.39, 0.29) is 23.8 Å². The van der Waals surface area contributed by atoms with Crippen LogP contribution in [0.15, 0.2) is 48.5 Å². The summed E-state index contributed by atoms with van der Waals surface area (Å²) in [7, 11) is 0. The van der Waals surface area contributed by atoms with Crippen LogP contribution in [-0.2, 0) is 21.6 Å². The number of hydrogen-bond acceptors (Lipinski definition) is 7. The highest BCUT2D eigenvalue weighted by Gasteiger charge is 2.42. The zero-order valence-electron chi connectivity index (χ0n) is 16.3. The maximum absolute atomic E-state index is 12.9. The number of aromatic amines is 1. The number of hydrogen-bond donors (Lipinski definition) is 3. The molecule has 31 heavy (non-hydrogen) atoms. The van der Waals surface area contributed by atoms with E-state index in [0.29, 0.717) is 24.5 Å². The Kier molecular flexibility index (Phi) is 6.10. The summed E-state index contributed by atoms with van der Waals surface area (Å²) in [5, 5.41) is 19.7. The van der Waals surface area contributed by atoms with Gasteiger partial charge in [0.2, 0.25) is 5.82 Å². The van der Waals surface area contributed by atoms with E-state index >= 15 is 0 Å². The van der Waals surface area contributed by atoms with E-state index < -0.39 is 17.5 Å². The molecule has 0 unspecified atom stereocenters. The number of nitrogens with zero attached hydrogens (tertiary/aromatic N) is 3. The van der Waals surface area contributed by atoms with Crippen LogP contribution in [0.4, 0.5) is 10.5 Å². The van der Waals surface area contributed by atoms with Gasteiger partial charge < -0.3 is 14.8 Å². The number of carbonyl (C=O) groups excluding carboxylic acids is 2. The predicted molar refractivity (Wildman–Crippen MR) is 110 cm³/mol. The molecule has 160 valence electrons. The van der Waals surface area contributed by atoms with E-state index in [9.17, 15) is 9.59 Å². The summed E-state index contributed by atoms with van der Waals surface area (Å²) in [5.74, 6) is -0.0817. The van der Waals surface area contributed by atoms with E-state index in [2.05, 4.69) is 31.3 Å². The van der Waals surface area contributed by atoms with Gasteiger partial charge >= 0.3 is 6.09 Å². The van der Waals surface area contributed by atoms with Crippen molar-refractivity contribution < 1.29 is 19.1 Å². The maximum atomic E-state index is 12.9. The lowest BCUT2D eigenvalue weighted by molar-refractivity contribution is 0.0868. The number of benzene rings is 2. The fourth-order valence-electron chi connectivity index (χ4n) is 3.22. The molecule has 11 heteroatoms. The van der Waals surface area contributed by atoms with Crippen LogP contribution in [0.5, 0.6) is 0 Å². The normalized spacial score (nSPS) is 17.8. The molecule has 4 rings (SSSR count). The fourth-order valence-corrected chi connectivity index (χ4v) is 3.45. The van der Waals surface area contributed by atoms with Crippen LogP contribution in [0.3, 0.4) is 0 Å². The third-order valence-corrected chi connectivity index (χ3v) is 4.99. The van der Waals surface area contributed by atoms with Gasteiger partial charge in [-0.1, -0.05) is 47.1 Å². The summed E-state index contributed by atoms with van der Waals surface area (Å²) in [6, 6.07) is 13.8. The molecule has 1 aliphatic rings. The lowest BCUT2D eigenvalue weighted by Crippen LogP contribution is -2.47. The number of tetrazole rings is 1. The zero-order valence-corrected chi connectivity index (χ0v) is 17.1. The second kappa shape index (κ2) is 9.11. The molecule has 3 N–H and O–H groups in total. The third kappa shape index (κ3) is 4.98. The molecule has 2 heterocycles. The predicted octanol–water partition coefficient (Wildman–Crippen LogP) is 2.65. The Balaban J connectivity index is 1.44. The largest absolute Gasteiger partial charge is 0.444 e. The van der Waals surface area contributed by atoms with Crippen LogP contribution < -0.4 is 10.6 Å². The molecule has 0 spiro atoms. The molecule has 2 aromatic carbocycles. The minimum atomic E-state index is -0.894. The van der Waals surface area contributed by atoms with Gasteiger partial charge in [0, 0.05) is 29.3 Å². The monoisotopic (exact) mass is 442 g/mol. The standard InChI is InChI=1S/C20H19ClN6O4/c21-15-8-14(17(28)23-20(6-7-30-12-20)18-24-26-27-25-18)9-16(10-15)22-19(29)31-11-13-4-2-1-3-5-13/h1-5,8-10H,6-7,11-12H2,(H,22,29)(H,23,28)(H,24,25,26,27)/t20-/m1/s1. The molecule has 0 bridgehead atoms. The summed E-state index contributed by atoms with van der Waals surface area (Å²) in [6.45, 7) is 0.786. The quantitative estimate of drug-likeness (QED) is 0.534. The molecule has 10 nitrogen and oxygen atoms in total. The third-order valence-electron chi connectivity index (χ3n) is 4.77. The first kappa shape index (κ1) is 20.8. The number of aromatic nitrogens is 4. The molecule has 1 saturated heterocycles. The van der Waals surface area contributed by atoms with Crippen molar-refractivity contribution in [3.8, 4) is 0 Å². The number of rotatable bonds is 6. The van der Waals surface area contributed by atoms with Crippen molar-refractivity contribution in [2.45, 2.75) is 18.6 Å². The number of anilines is 1. The number of H-pyrrole nitrogens is 1. The number of carbonyl (C=O) groups is 2. The molecule has 1 atom stereocenters. The summed E-state index contributed by atoms with van der Waals surface area (Å²) < 4.78 is 10.7. The SMILES string of the molecule is O=C(Nc1cc(Cl)cc(C(=O)N[C@]2(c3nn[nH]n3)CCOC2)c1)OCc1ccccc1. The minimum absolute atomic E-state index is 0.119. The number of amides is 2. The van der Waals surface area contributed by atoms with Crippen molar-refractivity contribution in [3.63, 3.8) is 0 Å². The van der Waals surface area contributed by atoms with E-state index in [1.165, 1.54) is 18.2 Å². The van der Waals surface area contributed by atoms with Crippen molar-refractivity contribution in [2.75, 3.05) is 18.5 Å². The van der Waals surface area contributed by atoms with Crippen LogP contribution in [0.1, 0.15) is 28.2 Å². The molecule has 3 aromatic rings. The van der Waals surface area contributed by atoms with Gasteiger partial charge in [-0.15, -0.1) is 10.2 Å². The van der Waals surface area contributed by atoms with Gasteiger partial charge in [0.05, 0.1) is 6.61 Å². The highest BCUT2D eigenvalue weighted by molar-refractivity contribution is 6.31. The zero-order chi connectivity index (χ0) is 21.7. The smallest absolute Gasteiger partial charge is 0.411 e. The molecule has 0 saturated carbocycles. The Hall–Kier alpha value is -3.50. The van der Waals surface area contributed by atoms with Gasteiger partial charge in [0.15, 0.2) is 0 Å². The Bertz CT molecular complexity index is 1050. The number of nitrogens with one attached hydrogen (secondary N) is 3. The Morgan fingerprint density at radius 1 is 1.23 bits per heavy atom. The first-order chi connectivity index (χ1) is 15.0. The van der Waals surface area contributed by atoms with Crippen molar-refractivity contribution in [1.29, 1.82) is 0 Å². The van der Waals surface area contributed by atoms with Gasteiger partial charge in [-0.05, 0) is 23.8 Å². The molecule has 1 aliphatic heterocycles. The Labute approximate surface area is 182 Å². The number of halogens is 1. The molecular weight excluding hydrogens is 424 g/mol. The van der Waals surface area contributed by atoms with Gasteiger partial charge in [-0.25, -0.2) is 4.79 Å². The second-order valence-corrected chi connectivity index (χ2v) is 7.43. The van der Waals surface area contributed by atoms with Gasteiger partial charge in [0.25, 0.3) is 5.91 Å². The molecule has 0 aliphatic carbocycles. The average Bonchev–Trinajstić information content (AvgIpc) is 3.45. The summed E-state index contributed by atoms with van der Waals surface area (Å²) in [4.78, 5) is 25.1. The van der Waals surface area contributed by atoms with E-state index in [0.717, 1.165) is 5.56 Å². The van der Waals surface area contributed by atoms with Crippen molar-refractivity contribution in [1.82, 2.24) is 25.9 Å². The maximum Gasteiger partial charge on any atom is 0.411 e. The second-order valence-electron chi connectivity index (χ2n) is 6.99. The summed E-state index contributed by atoms with van der Waals surface area (Å²) in [6.07, 6.45) is -0.166. The van der Waals surface area contributed by atoms with Crippen LogP contribution in [-0.4, -0.2) is 45.8 Å². The first-order valence-corrected chi connectivity index (χ1v) is 9.84. The fraction of sp³-hybridized carbons (Fsp3) is 0.250. The van der Waals surface area contributed by atoms with E-state index in [4.69, 9.17) is 21.1 Å². The van der Waals surface area contributed by atoms with Crippen LogP contribution in [0, 0.1) is 0 Å². The summed E-state index contributed by atoms with van der Waals surface area (Å²) in [5.41, 5.74) is 0.538. The van der Waals surface area contributed by atoms with Gasteiger partial charge in [-0.2, -0.15) is 5.21 Å². The van der Waals surface area contributed by atoms with Crippen LogP contribution in [0.2, 0.25) is 5.02 Å². The van der Waals surface area contributed by atoms with E-state index in [1.807, 2.05) is 30.3 Å². The lowest BCUT2D eigenvalue weighted by Gasteiger charge is -2.25. The number of ether oxygens (including phenoxy) is 2. The molecule has 1 fully saturated rings. The first-order valence-electron chi connectivity index (χ1n) is 9.47. The molecule has 1 aromatic heterocycles. The topological polar surface area (TPSA) is 131 Å². The molecule has 0 radical (unpaired) electrons. The highest BCUT2D eigenvalue weighted by Crippen LogP contribution is 2.28.